The van der Waals surface area contributed by atoms with E-state index < -0.39 is 5.91 Å². The third kappa shape index (κ3) is 4.92. The maximum atomic E-state index is 12.2. The van der Waals surface area contributed by atoms with Crippen molar-refractivity contribution in [2.75, 3.05) is 27.2 Å². The smallest absolute Gasteiger partial charge is 0.273 e. The van der Waals surface area contributed by atoms with Crippen molar-refractivity contribution in [3.8, 4) is 34.3 Å². The third-order valence-electron chi connectivity index (χ3n) is 4.07. The fourth-order valence-electron chi connectivity index (χ4n) is 2.60. The highest BCUT2D eigenvalue weighted by atomic mass is 16.5. The fourth-order valence-corrected chi connectivity index (χ4v) is 2.60. The molecule has 0 unspecified atom stereocenters. The number of nitroso groups, excluding NO2 is 1. The molecule has 1 aromatic heterocycles. The van der Waals surface area contributed by atoms with E-state index in [0.717, 1.165) is 6.07 Å². The molecule has 1 amide bonds. The van der Waals surface area contributed by atoms with Gasteiger partial charge >= 0.3 is 0 Å². The topological polar surface area (TPSA) is 137 Å². The van der Waals surface area contributed by atoms with E-state index in [4.69, 9.17) is 9.26 Å². The standard InChI is InChI=1S/C20H20N4O6/c1-24(2)8-7-21-20(27)15-11-18(30-23-15)19-16(26)9-13(25)10-17(19)29-14-5-3-12(22-28)4-6-14/h3-6,9-11,25-26H,7-8H2,1-2H3,(H,21,27). The Morgan fingerprint density at radius 1 is 1.20 bits per heavy atom. The average molecular weight is 412 g/mol. The maximum absolute atomic E-state index is 12.2. The summed E-state index contributed by atoms with van der Waals surface area (Å²) in [4.78, 5) is 24.7. The van der Waals surface area contributed by atoms with Crippen molar-refractivity contribution >= 4 is 11.6 Å². The zero-order valence-corrected chi connectivity index (χ0v) is 16.3. The van der Waals surface area contributed by atoms with Gasteiger partial charge in [0, 0.05) is 31.3 Å². The van der Waals surface area contributed by atoms with Gasteiger partial charge in [0.25, 0.3) is 5.91 Å². The summed E-state index contributed by atoms with van der Waals surface area (Å²) in [5.41, 5.74) is 0.357. The van der Waals surface area contributed by atoms with Crippen LogP contribution in [0.3, 0.4) is 0 Å². The number of carbonyl (C=O) groups excluding carboxylic acids is 1. The molecule has 0 saturated heterocycles. The quantitative estimate of drug-likeness (QED) is 0.480. The summed E-state index contributed by atoms with van der Waals surface area (Å²) < 4.78 is 11.0. The first-order chi connectivity index (χ1) is 14.4. The van der Waals surface area contributed by atoms with Gasteiger partial charge in [-0.15, -0.1) is 4.91 Å². The van der Waals surface area contributed by atoms with Gasteiger partial charge in [-0.3, -0.25) is 4.79 Å². The second-order valence-corrected chi connectivity index (χ2v) is 6.66. The molecule has 10 heteroatoms. The van der Waals surface area contributed by atoms with Crippen LogP contribution in [0.15, 0.2) is 52.2 Å². The van der Waals surface area contributed by atoms with Crippen LogP contribution in [0.25, 0.3) is 11.3 Å². The van der Waals surface area contributed by atoms with Crippen molar-refractivity contribution in [1.82, 2.24) is 15.4 Å². The fraction of sp³-hybridized carbons (Fsp3) is 0.200. The number of carbonyl (C=O) groups is 1. The monoisotopic (exact) mass is 412 g/mol. The molecule has 0 fully saturated rings. The Balaban J connectivity index is 1.87. The van der Waals surface area contributed by atoms with Crippen molar-refractivity contribution in [1.29, 1.82) is 0 Å². The van der Waals surface area contributed by atoms with Gasteiger partial charge in [0.2, 0.25) is 0 Å². The summed E-state index contributed by atoms with van der Waals surface area (Å²) >= 11 is 0. The molecule has 2 aromatic carbocycles. The number of ether oxygens (including phenoxy) is 1. The Morgan fingerprint density at radius 2 is 1.93 bits per heavy atom. The second-order valence-electron chi connectivity index (χ2n) is 6.66. The van der Waals surface area contributed by atoms with Gasteiger partial charge in [-0.1, -0.05) is 5.16 Å². The lowest BCUT2D eigenvalue weighted by Gasteiger charge is -2.11. The predicted molar refractivity (Wildman–Crippen MR) is 108 cm³/mol. The third-order valence-corrected chi connectivity index (χ3v) is 4.07. The van der Waals surface area contributed by atoms with Crippen LogP contribution in [-0.2, 0) is 0 Å². The van der Waals surface area contributed by atoms with E-state index >= 15 is 0 Å². The molecule has 3 rings (SSSR count). The summed E-state index contributed by atoms with van der Waals surface area (Å²) in [5, 5.41) is 29.5. The Morgan fingerprint density at radius 3 is 2.60 bits per heavy atom. The van der Waals surface area contributed by atoms with Gasteiger partial charge < -0.3 is 29.7 Å². The Bertz CT molecular complexity index is 1050. The molecule has 0 radical (unpaired) electrons. The lowest BCUT2D eigenvalue weighted by Crippen LogP contribution is -2.31. The number of aromatic hydroxyl groups is 2. The first-order valence-electron chi connectivity index (χ1n) is 8.94. The minimum Gasteiger partial charge on any atom is -0.508 e. The molecule has 0 bridgehead atoms. The highest BCUT2D eigenvalue weighted by molar-refractivity contribution is 5.93. The van der Waals surface area contributed by atoms with E-state index in [9.17, 15) is 19.9 Å². The van der Waals surface area contributed by atoms with Crippen molar-refractivity contribution in [2.24, 2.45) is 5.18 Å². The van der Waals surface area contributed by atoms with E-state index in [1.165, 1.54) is 36.4 Å². The minimum atomic E-state index is -0.426. The van der Waals surface area contributed by atoms with Gasteiger partial charge in [-0.05, 0) is 43.5 Å². The van der Waals surface area contributed by atoms with Gasteiger partial charge in [-0.2, -0.15) is 0 Å². The zero-order chi connectivity index (χ0) is 21.7. The molecular formula is C20H20N4O6. The van der Waals surface area contributed by atoms with Crippen LogP contribution < -0.4 is 10.1 Å². The lowest BCUT2D eigenvalue weighted by molar-refractivity contribution is 0.0942. The van der Waals surface area contributed by atoms with Crippen molar-refractivity contribution in [2.45, 2.75) is 0 Å². The number of aromatic nitrogens is 1. The number of phenols is 2. The van der Waals surface area contributed by atoms with Crippen molar-refractivity contribution < 1.29 is 24.3 Å². The van der Waals surface area contributed by atoms with Crippen LogP contribution >= 0.6 is 0 Å². The molecule has 3 aromatic rings. The number of nitrogens with one attached hydrogen (secondary N) is 1. The first kappa shape index (κ1) is 20.8. The molecule has 0 spiro atoms. The van der Waals surface area contributed by atoms with Crippen LogP contribution in [0.5, 0.6) is 23.0 Å². The highest BCUT2D eigenvalue weighted by Crippen LogP contribution is 2.43. The van der Waals surface area contributed by atoms with Crippen molar-refractivity contribution in [3.05, 3.63) is 53.1 Å². The Kier molecular flexibility index (Phi) is 6.28. The summed E-state index contributed by atoms with van der Waals surface area (Å²) in [6.45, 7) is 1.09. The summed E-state index contributed by atoms with van der Waals surface area (Å²) in [6.07, 6.45) is 0. The zero-order valence-electron chi connectivity index (χ0n) is 16.3. The molecule has 0 aliphatic heterocycles. The van der Waals surface area contributed by atoms with Crippen LogP contribution in [0, 0.1) is 4.91 Å². The second kappa shape index (κ2) is 9.05. The lowest BCUT2D eigenvalue weighted by atomic mass is 10.1. The number of amides is 1. The van der Waals surface area contributed by atoms with E-state index in [1.807, 2.05) is 19.0 Å². The number of likely N-dealkylation sites (N-methyl/N-ethyl adjacent to an activating group) is 1. The first-order valence-corrected chi connectivity index (χ1v) is 8.94. The molecule has 0 aliphatic rings. The van der Waals surface area contributed by atoms with Crippen LogP contribution in [0.2, 0.25) is 0 Å². The average Bonchev–Trinajstić information content (AvgIpc) is 3.17. The van der Waals surface area contributed by atoms with Gasteiger partial charge in [0.15, 0.2) is 11.5 Å². The minimum absolute atomic E-state index is 0.0311. The molecule has 10 nitrogen and oxygen atoms in total. The van der Waals surface area contributed by atoms with Crippen LogP contribution in [0.4, 0.5) is 5.69 Å². The van der Waals surface area contributed by atoms with Crippen LogP contribution in [0.1, 0.15) is 10.5 Å². The number of phenolic OH excluding ortho intramolecular Hbond substituents is 2. The number of rotatable bonds is 8. The maximum Gasteiger partial charge on any atom is 0.273 e. The van der Waals surface area contributed by atoms with E-state index in [1.54, 1.807) is 0 Å². The van der Waals surface area contributed by atoms with E-state index in [2.05, 4.69) is 15.7 Å². The molecular weight excluding hydrogens is 392 g/mol. The molecule has 0 saturated carbocycles. The van der Waals surface area contributed by atoms with Gasteiger partial charge in [0.05, 0.1) is 0 Å². The van der Waals surface area contributed by atoms with E-state index in [-0.39, 0.29) is 40.0 Å². The Labute approximate surface area is 171 Å². The Hall–Kier alpha value is -3.92. The molecule has 156 valence electrons. The summed E-state index contributed by atoms with van der Waals surface area (Å²) in [5.74, 6) is -0.522. The number of hydrogen-bond donors (Lipinski definition) is 3. The SMILES string of the molecule is CN(C)CCNC(=O)c1cc(-c2c(O)cc(O)cc2Oc2ccc(N=O)cc2)on1. The molecule has 1 heterocycles. The van der Waals surface area contributed by atoms with E-state index in [0.29, 0.717) is 18.8 Å². The van der Waals surface area contributed by atoms with Gasteiger partial charge in [0.1, 0.15) is 34.2 Å². The molecule has 0 aliphatic carbocycles. The number of hydrogen-bond acceptors (Lipinski definition) is 9. The number of nitrogens with zero attached hydrogens (tertiary/aromatic N) is 3. The largest absolute Gasteiger partial charge is 0.508 e. The molecule has 30 heavy (non-hydrogen) atoms. The summed E-state index contributed by atoms with van der Waals surface area (Å²) in [6, 6.07) is 9.67. The number of benzene rings is 2. The normalized spacial score (nSPS) is 10.8. The molecule has 3 N–H and O–H groups in total. The van der Waals surface area contributed by atoms with Gasteiger partial charge in [-0.25, -0.2) is 0 Å². The molecule has 0 atom stereocenters. The van der Waals surface area contributed by atoms with Crippen LogP contribution in [-0.4, -0.2) is 53.4 Å². The van der Waals surface area contributed by atoms with Crippen molar-refractivity contribution in [3.63, 3.8) is 0 Å². The summed E-state index contributed by atoms with van der Waals surface area (Å²) in [7, 11) is 3.77. The predicted octanol–water partition coefficient (Wildman–Crippen LogP) is 3.23. The highest BCUT2D eigenvalue weighted by Gasteiger charge is 2.21.